The minimum absolute atomic E-state index is 0.0699. The molecule has 0 aliphatic heterocycles. The van der Waals surface area contributed by atoms with Gasteiger partial charge in [-0.3, -0.25) is 0 Å². The predicted octanol–water partition coefficient (Wildman–Crippen LogP) is 2.91. The van der Waals surface area contributed by atoms with Gasteiger partial charge in [0.15, 0.2) is 0 Å². The average molecular weight is 253 g/mol. The van der Waals surface area contributed by atoms with Crippen molar-refractivity contribution >= 4 is 27.5 Å². The highest BCUT2D eigenvalue weighted by Gasteiger charge is 2.07. The van der Waals surface area contributed by atoms with Crippen molar-refractivity contribution < 1.29 is 9.50 Å². The van der Waals surface area contributed by atoms with E-state index in [2.05, 4.69) is 15.9 Å². The van der Waals surface area contributed by atoms with Gasteiger partial charge in [0, 0.05) is 5.33 Å². The molecule has 1 nitrogen and oxygen atoms in total. The molecule has 4 heteroatoms. The van der Waals surface area contributed by atoms with E-state index in [0.29, 0.717) is 10.9 Å². The molecule has 1 rings (SSSR count). The van der Waals surface area contributed by atoms with Crippen LogP contribution in [0.15, 0.2) is 18.2 Å². The second-order valence-corrected chi connectivity index (χ2v) is 3.40. The molecule has 0 aromatic heterocycles. The fraction of sp³-hybridized carbons (Fsp3) is 0.250. The highest BCUT2D eigenvalue weighted by atomic mass is 79.9. The van der Waals surface area contributed by atoms with Gasteiger partial charge in [0.1, 0.15) is 5.82 Å². The van der Waals surface area contributed by atoms with E-state index in [1.54, 1.807) is 6.07 Å². The van der Waals surface area contributed by atoms with E-state index in [1.165, 1.54) is 12.1 Å². The second-order valence-electron chi connectivity index (χ2n) is 2.34. The van der Waals surface area contributed by atoms with Crippen molar-refractivity contribution in [3.05, 3.63) is 34.6 Å². The monoisotopic (exact) mass is 252 g/mol. The third-order valence-corrected chi connectivity index (χ3v) is 2.39. The summed E-state index contributed by atoms with van der Waals surface area (Å²) in [5.41, 5.74) is 0.522. The number of rotatable bonds is 2. The van der Waals surface area contributed by atoms with Crippen LogP contribution in [0.4, 0.5) is 4.39 Å². The van der Waals surface area contributed by atoms with Crippen LogP contribution in [0, 0.1) is 5.82 Å². The van der Waals surface area contributed by atoms with E-state index in [0.717, 1.165) is 0 Å². The minimum Gasteiger partial charge on any atom is -0.388 e. The van der Waals surface area contributed by atoms with Crippen LogP contribution in [0.3, 0.4) is 0 Å². The van der Waals surface area contributed by atoms with Crippen LogP contribution in [0.25, 0.3) is 0 Å². The largest absolute Gasteiger partial charge is 0.388 e. The molecule has 0 aliphatic carbocycles. The third-order valence-electron chi connectivity index (χ3n) is 1.47. The maximum atomic E-state index is 12.8. The SMILES string of the molecule is OC(CBr)c1ccc(Cl)c(F)c1. The maximum absolute atomic E-state index is 12.8. The van der Waals surface area contributed by atoms with Gasteiger partial charge in [-0.25, -0.2) is 4.39 Å². The summed E-state index contributed by atoms with van der Waals surface area (Å²) in [6.45, 7) is 0. The van der Waals surface area contributed by atoms with Crippen LogP contribution in [-0.4, -0.2) is 10.4 Å². The Balaban J connectivity index is 2.96. The smallest absolute Gasteiger partial charge is 0.142 e. The summed E-state index contributed by atoms with van der Waals surface area (Å²) in [7, 11) is 0. The fourth-order valence-electron chi connectivity index (χ4n) is 0.809. The van der Waals surface area contributed by atoms with Crippen LogP contribution in [0.5, 0.6) is 0 Å². The Morgan fingerprint density at radius 2 is 2.25 bits per heavy atom. The first-order valence-electron chi connectivity index (χ1n) is 3.34. The Morgan fingerprint density at radius 1 is 1.58 bits per heavy atom. The van der Waals surface area contributed by atoms with E-state index >= 15 is 0 Å². The summed E-state index contributed by atoms with van der Waals surface area (Å²) in [5, 5.41) is 9.74. The molecule has 1 aromatic rings. The fourth-order valence-corrected chi connectivity index (χ4v) is 1.30. The molecule has 0 aliphatic rings. The second kappa shape index (κ2) is 4.21. The van der Waals surface area contributed by atoms with E-state index in [-0.39, 0.29) is 5.02 Å². The van der Waals surface area contributed by atoms with Crippen molar-refractivity contribution in [2.45, 2.75) is 6.10 Å². The molecule has 1 atom stereocenters. The van der Waals surface area contributed by atoms with E-state index in [1.807, 2.05) is 0 Å². The maximum Gasteiger partial charge on any atom is 0.142 e. The first-order chi connectivity index (χ1) is 5.65. The van der Waals surface area contributed by atoms with Gasteiger partial charge >= 0.3 is 0 Å². The topological polar surface area (TPSA) is 20.2 Å². The summed E-state index contributed by atoms with van der Waals surface area (Å²) >= 11 is 8.55. The number of aliphatic hydroxyl groups excluding tert-OH is 1. The van der Waals surface area contributed by atoms with Crippen molar-refractivity contribution in [3.8, 4) is 0 Å². The van der Waals surface area contributed by atoms with Gasteiger partial charge in [0.2, 0.25) is 0 Å². The normalized spacial score (nSPS) is 13.0. The van der Waals surface area contributed by atoms with Crippen molar-refractivity contribution in [3.63, 3.8) is 0 Å². The first kappa shape index (κ1) is 9.96. The Labute approximate surface area is 83.3 Å². The summed E-state index contributed by atoms with van der Waals surface area (Å²) in [6, 6.07) is 4.25. The number of aliphatic hydroxyl groups is 1. The number of hydrogen-bond donors (Lipinski definition) is 1. The molecule has 1 aromatic carbocycles. The molecule has 66 valence electrons. The van der Waals surface area contributed by atoms with Gasteiger partial charge < -0.3 is 5.11 Å². The number of hydrogen-bond acceptors (Lipinski definition) is 1. The number of halogens is 3. The lowest BCUT2D eigenvalue weighted by molar-refractivity contribution is 0.205. The Kier molecular flexibility index (Phi) is 3.50. The van der Waals surface area contributed by atoms with Crippen molar-refractivity contribution in [2.75, 3.05) is 5.33 Å². The van der Waals surface area contributed by atoms with Gasteiger partial charge in [-0.2, -0.15) is 0 Å². The average Bonchev–Trinajstić information content (AvgIpc) is 2.08. The highest BCUT2D eigenvalue weighted by Crippen LogP contribution is 2.21. The molecule has 0 heterocycles. The molecule has 0 amide bonds. The zero-order valence-corrected chi connectivity index (χ0v) is 8.44. The molecular weight excluding hydrogens is 246 g/mol. The number of benzene rings is 1. The first-order valence-corrected chi connectivity index (χ1v) is 4.84. The number of alkyl halides is 1. The van der Waals surface area contributed by atoms with Gasteiger partial charge in [-0.15, -0.1) is 0 Å². The Hall–Kier alpha value is -0.120. The van der Waals surface area contributed by atoms with Gasteiger partial charge in [-0.05, 0) is 17.7 Å². The van der Waals surface area contributed by atoms with Crippen LogP contribution in [0.1, 0.15) is 11.7 Å². The van der Waals surface area contributed by atoms with E-state index in [4.69, 9.17) is 11.6 Å². The quantitative estimate of drug-likeness (QED) is 0.804. The summed E-state index contributed by atoms with van der Waals surface area (Å²) in [4.78, 5) is 0. The molecular formula is C8H7BrClFO. The Morgan fingerprint density at radius 3 is 2.75 bits per heavy atom. The van der Waals surface area contributed by atoms with Crippen LogP contribution in [0.2, 0.25) is 5.02 Å². The molecule has 0 spiro atoms. The molecule has 1 N–H and O–H groups in total. The minimum atomic E-state index is -0.684. The Bertz CT molecular complexity index is 280. The summed E-state index contributed by atoms with van der Waals surface area (Å²) in [5.74, 6) is -0.505. The van der Waals surface area contributed by atoms with Gasteiger partial charge in [0.05, 0.1) is 11.1 Å². The van der Waals surface area contributed by atoms with Crippen molar-refractivity contribution in [2.24, 2.45) is 0 Å². The summed E-state index contributed by atoms with van der Waals surface area (Å²) < 4.78 is 12.8. The van der Waals surface area contributed by atoms with E-state index < -0.39 is 11.9 Å². The zero-order valence-electron chi connectivity index (χ0n) is 6.10. The van der Waals surface area contributed by atoms with Crippen LogP contribution < -0.4 is 0 Å². The van der Waals surface area contributed by atoms with E-state index in [9.17, 15) is 9.50 Å². The molecule has 0 saturated carbocycles. The third kappa shape index (κ3) is 2.19. The molecule has 12 heavy (non-hydrogen) atoms. The van der Waals surface area contributed by atoms with Crippen molar-refractivity contribution in [1.82, 2.24) is 0 Å². The highest BCUT2D eigenvalue weighted by molar-refractivity contribution is 9.09. The predicted molar refractivity (Wildman–Crippen MR) is 50.2 cm³/mol. The zero-order chi connectivity index (χ0) is 9.14. The van der Waals surface area contributed by atoms with Gasteiger partial charge in [0.25, 0.3) is 0 Å². The lowest BCUT2D eigenvalue weighted by Crippen LogP contribution is -1.98. The van der Waals surface area contributed by atoms with Crippen molar-refractivity contribution in [1.29, 1.82) is 0 Å². The molecule has 0 bridgehead atoms. The molecule has 0 saturated heterocycles. The standard InChI is InChI=1S/C8H7BrClFO/c9-4-8(12)5-1-2-6(10)7(11)3-5/h1-3,8,12H,4H2. The summed E-state index contributed by atoms with van der Waals surface area (Å²) in [6.07, 6.45) is -0.684. The molecule has 0 fully saturated rings. The lowest BCUT2D eigenvalue weighted by atomic mass is 10.1. The molecule has 1 unspecified atom stereocenters. The van der Waals surface area contributed by atoms with Crippen LogP contribution in [-0.2, 0) is 0 Å². The molecule has 0 radical (unpaired) electrons. The lowest BCUT2D eigenvalue weighted by Gasteiger charge is -2.06. The van der Waals surface area contributed by atoms with Crippen LogP contribution >= 0.6 is 27.5 Å². The van der Waals surface area contributed by atoms with Gasteiger partial charge in [-0.1, -0.05) is 33.6 Å².